The van der Waals surface area contributed by atoms with E-state index in [1.807, 2.05) is 66.7 Å². The van der Waals surface area contributed by atoms with E-state index in [0.717, 1.165) is 53.0 Å². The van der Waals surface area contributed by atoms with Gasteiger partial charge in [0.25, 0.3) is 0 Å². The molecule has 6 heteroatoms. The Bertz CT molecular complexity index is 1600. The van der Waals surface area contributed by atoms with E-state index in [1.165, 1.54) is 5.56 Å². The lowest BCUT2D eigenvalue weighted by molar-refractivity contribution is -0.139. The Balaban J connectivity index is 1.33. The summed E-state index contributed by atoms with van der Waals surface area (Å²) in [5.41, 5.74) is 7.23. The monoisotopic (exact) mass is 530 g/mol. The van der Waals surface area contributed by atoms with Crippen LogP contribution in [0.25, 0.3) is 28.2 Å². The van der Waals surface area contributed by atoms with Crippen molar-refractivity contribution in [1.29, 1.82) is 0 Å². The highest BCUT2D eigenvalue weighted by atomic mass is 16.5. The molecule has 5 aromatic rings. The third-order valence-corrected chi connectivity index (χ3v) is 7.30. The summed E-state index contributed by atoms with van der Waals surface area (Å²) in [4.78, 5) is 16.1. The molecule has 0 bridgehead atoms. The predicted octanol–water partition coefficient (Wildman–Crippen LogP) is 6.85. The SMILES string of the molecule is O=C(O)COc1cccc2c1CCC(COc1nc(-c3ccccc3)c(-c3ccccc3)n1-c1ccccc1)C2. The fourth-order valence-electron chi connectivity index (χ4n) is 5.43. The molecule has 1 unspecified atom stereocenters. The van der Waals surface area contributed by atoms with E-state index >= 15 is 0 Å². The van der Waals surface area contributed by atoms with Crippen molar-refractivity contribution in [2.75, 3.05) is 13.2 Å². The van der Waals surface area contributed by atoms with Gasteiger partial charge in [-0.3, -0.25) is 4.57 Å². The van der Waals surface area contributed by atoms with Gasteiger partial charge in [0.15, 0.2) is 6.61 Å². The minimum atomic E-state index is -0.974. The molecule has 4 aromatic carbocycles. The molecule has 1 aromatic heterocycles. The van der Waals surface area contributed by atoms with Gasteiger partial charge >= 0.3 is 12.0 Å². The average Bonchev–Trinajstić information content (AvgIpc) is 3.39. The Morgan fingerprint density at radius 3 is 2.20 bits per heavy atom. The van der Waals surface area contributed by atoms with Crippen LogP contribution in [0.15, 0.2) is 109 Å². The van der Waals surface area contributed by atoms with Gasteiger partial charge in [-0.1, -0.05) is 91.0 Å². The van der Waals surface area contributed by atoms with Crippen molar-refractivity contribution >= 4 is 5.97 Å². The largest absolute Gasteiger partial charge is 0.482 e. The Morgan fingerprint density at radius 1 is 0.825 bits per heavy atom. The molecule has 40 heavy (non-hydrogen) atoms. The van der Waals surface area contributed by atoms with E-state index in [4.69, 9.17) is 19.6 Å². The standard InChI is InChI=1S/C34H30N2O4/c37-31(38)23-39-30-18-10-15-27-21-24(19-20-29(27)30)22-40-34-35-32(25-11-4-1-5-12-25)33(26-13-6-2-7-14-26)36(34)28-16-8-3-9-17-28/h1-18,24H,19-23H2,(H,37,38). The lowest BCUT2D eigenvalue weighted by Gasteiger charge is -2.26. The highest BCUT2D eigenvalue weighted by Crippen LogP contribution is 2.38. The number of hydrogen-bond acceptors (Lipinski definition) is 4. The maximum Gasteiger partial charge on any atom is 0.341 e. The minimum Gasteiger partial charge on any atom is -0.482 e. The molecule has 1 aliphatic rings. The Kier molecular flexibility index (Phi) is 7.31. The van der Waals surface area contributed by atoms with Crippen LogP contribution in [0.5, 0.6) is 11.8 Å². The van der Waals surface area contributed by atoms with E-state index in [0.29, 0.717) is 24.3 Å². The van der Waals surface area contributed by atoms with Crippen molar-refractivity contribution in [3.8, 4) is 40.0 Å². The van der Waals surface area contributed by atoms with Gasteiger partial charge in [0.05, 0.1) is 18.0 Å². The van der Waals surface area contributed by atoms with Crippen LogP contribution in [0.2, 0.25) is 0 Å². The highest BCUT2D eigenvalue weighted by molar-refractivity contribution is 5.81. The van der Waals surface area contributed by atoms with Gasteiger partial charge in [-0.05, 0) is 54.5 Å². The van der Waals surface area contributed by atoms with Crippen LogP contribution < -0.4 is 9.47 Å². The molecule has 0 aliphatic heterocycles. The quantitative estimate of drug-likeness (QED) is 0.226. The van der Waals surface area contributed by atoms with Crippen LogP contribution in [0.1, 0.15) is 17.5 Å². The molecule has 0 saturated heterocycles. The lowest BCUT2D eigenvalue weighted by atomic mass is 9.84. The summed E-state index contributed by atoms with van der Waals surface area (Å²) < 4.78 is 14.2. The zero-order chi connectivity index (χ0) is 27.3. The number of rotatable bonds is 9. The zero-order valence-electron chi connectivity index (χ0n) is 22.1. The van der Waals surface area contributed by atoms with E-state index < -0.39 is 5.97 Å². The number of imidazole rings is 1. The van der Waals surface area contributed by atoms with Crippen molar-refractivity contribution in [3.63, 3.8) is 0 Å². The first-order valence-electron chi connectivity index (χ1n) is 13.5. The number of carbonyl (C=O) groups is 1. The minimum absolute atomic E-state index is 0.295. The molecular weight excluding hydrogens is 500 g/mol. The summed E-state index contributed by atoms with van der Waals surface area (Å²) in [6.45, 7) is 0.185. The third kappa shape index (κ3) is 5.34. The van der Waals surface area contributed by atoms with Gasteiger partial charge in [0.2, 0.25) is 0 Å². The fraction of sp³-hybridized carbons (Fsp3) is 0.176. The summed E-state index contributed by atoms with van der Waals surface area (Å²) >= 11 is 0. The normalized spacial score (nSPS) is 14.3. The lowest BCUT2D eigenvalue weighted by Crippen LogP contribution is -2.22. The van der Waals surface area contributed by atoms with Crippen molar-refractivity contribution < 1.29 is 19.4 Å². The summed E-state index contributed by atoms with van der Waals surface area (Å²) in [6.07, 6.45) is 2.57. The molecule has 6 nitrogen and oxygen atoms in total. The van der Waals surface area contributed by atoms with E-state index in [1.54, 1.807) is 0 Å². The summed E-state index contributed by atoms with van der Waals surface area (Å²) in [6, 6.07) is 37.2. The number of nitrogens with zero attached hydrogens (tertiary/aromatic N) is 2. The molecular formula is C34H30N2O4. The third-order valence-electron chi connectivity index (χ3n) is 7.30. The number of fused-ring (bicyclic) bond motifs is 1. The van der Waals surface area contributed by atoms with Crippen LogP contribution in [-0.4, -0.2) is 33.8 Å². The molecule has 0 saturated carbocycles. The van der Waals surface area contributed by atoms with Gasteiger partial charge in [0, 0.05) is 11.1 Å². The number of para-hydroxylation sites is 1. The molecule has 6 rings (SSSR count). The zero-order valence-corrected chi connectivity index (χ0v) is 22.1. The first-order valence-corrected chi connectivity index (χ1v) is 13.5. The van der Waals surface area contributed by atoms with Gasteiger partial charge in [-0.15, -0.1) is 0 Å². The van der Waals surface area contributed by atoms with Crippen LogP contribution in [0, 0.1) is 5.92 Å². The van der Waals surface area contributed by atoms with Crippen LogP contribution in [0.3, 0.4) is 0 Å². The second kappa shape index (κ2) is 11.5. The maximum atomic E-state index is 11.0. The molecule has 0 radical (unpaired) electrons. The summed E-state index contributed by atoms with van der Waals surface area (Å²) in [5, 5.41) is 9.02. The molecule has 0 amide bonds. The van der Waals surface area contributed by atoms with E-state index in [2.05, 4.69) is 47.0 Å². The van der Waals surface area contributed by atoms with Gasteiger partial charge in [0.1, 0.15) is 11.4 Å². The maximum absolute atomic E-state index is 11.0. The van der Waals surface area contributed by atoms with Crippen LogP contribution in [0.4, 0.5) is 0 Å². The number of aliphatic carboxylic acids is 1. The topological polar surface area (TPSA) is 73.6 Å². The highest BCUT2D eigenvalue weighted by Gasteiger charge is 2.26. The molecule has 200 valence electrons. The fourth-order valence-corrected chi connectivity index (χ4v) is 5.43. The van der Waals surface area contributed by atoms with Gasteiger partial charge in [-0.25, -0.2) is 4.79 Å². The van der Waals surface area contributed by atoms with Crippen molar-refractivity contribution in [3.05, 3.63) is 120 Å². The van der Waals surface area contributed by atoms with Gasteiger partial charge < -0.3 is 14.6 Å². The molecule has 1 heterocycles. The Labute approximate surface area is 233 Å². The number of aromatic nitrogens is 2. The second-order valence-corrected chi connectivity index (χ2v) is 9.99. The molecule has 1 aliphatic carbocycles. The Morgan fingerprint density at radius 2 is 1.50 bits per heavy atom. The first-order chi connectivity index (χ1) is 19.7. The van der Waals surface area contributed by atoms with E-state index in [-0.39, 0.29) is 6.61 Å². The van der Waals surface area contributed by atoms with E-state index in [9.17, 15) is 4.79 Å². The van der Waals surface area contributed by atoms with Crippen LogP contribution >= 0.6 is 0 Å². The second-order valence-electron chi connectivity index (χ2n) is 9.99. The number of benzene rings is 4. The Hall–Kier alpha value is -4.84. The van der Waals surface area contributed by atoms with Crippen molar-refractivity contribution in [2.24, 2.45) is 5.92 Å². The molecule has 1 atom stereocenters. The summed E-state index contributed by atoms with van der Waals surface area (Å²) in [7, 11) is 0. The van der Waals surface area contributed by atoms with Crippen molar-refractivity contribution in [2.45, 2.75) is 19.3 Å². The molecule has 0 fully saturated rings. The predicted molar refractivity (Wildman–Crippen MR) is 155 cm³/mol. The average molecular weight is 531 g/mol. The number of hydrogen-bond donors (Lipinski definition) is 1. The number of ether oxygens (including phenoxy) is 2. The molecule has 0 spiro atoms. The number of carboxylic acids is 1. The number of carboxylic acid groups (broad SMARTS) is 1. The van der Waals surface area contributed by atoms with Gasteiger partial charge in [-0.2, -0.15) is 4.98 Å². The summed E-state index contributed by atoms with van der Waals surface area (Å²) in [5.74, 6) is -0.0132. The first kappa shape index (κ1) is 25.4. The van der Waals surface area contributed by atoms with Crippen molar-refractivity contribution in [1.82, 2.24) is 9.55 Å². The molecule has 1 N–H and O–H groups in total. The smallest absolute Gasteiger partial charge is 0.341 e. The van der Waals surface area contributed by atoms with Crippen LogP contribution in [-0.2, 0) is 17.6 Å².